The minimum Gasteiger partial charge on any atom is -0.465 e. The zero-order valence-electron chi connectivity index (χ0n) is 11.6. The van der Waals surface area contributed by atoms with Crippen LogP contribution in [0.2, 0.25) is 5.02 Å². The van der Waals surface area contributed by atoms with E-state index in [0.29, 0.717) is 17.3 Å². The lowest BCUT2D eigenvalue weighted by Gasteiger charge is -2.19. The molecule has 0 atom stereocenters. The van der Waals surface area contributed by atoms with Gasteiger partial charge in [-0.2, -0.15) is 0 Å². The summed E-state index contributed by atoms with van der Waals surface area (Å²) in [4.78, 5) is 16.5. The highest BCUT2D eigenvalue weighted by Crippen LogP contribution is 2.34. The van der Waals surface area contributed by atoms with Gasteiger partial charge >= 0.3 is 5.97 Å². The lowest BCUT2D eigenvalue weighted by Crippen LogP contribution is -2.31. The second kappa shape index (κ2) is 5.94. The van der Waals surface area contributed by atoms with Gasteiger partial charge in [-0.05, 0) is 26.8 Å². The van der Waals surface area contributed by atoms with Crippen molar-refractivity contribution >= 4 is 28.9 Å². The van der Waals surface area contributed by atoms with Crippen LogP contribution in [-0.2, 0) is 14.9 Å². The van der Waals surface area contributed by atoms with Crippen LogP contribution in [0, 0.1) is 0 Å². The van der Waals surface area contributed by atoms with E-state index in [4.69, 9.17) is 16.3 Å². The van der Waals surface area contributed by atoms with Gasteiger partial charge in [-0.1, -0.05) is 29.8 Å². The van der Waals surface area contributed by atoms with Gasteiger partial charge in [0, 0.05) is 10.9 Å². The van der Waals surface area contributed by atoms with E-state index in [9.17, 15) is 4.79 Å². The van der Waals surface area contributed by atoms with E-state index in [1.807, 2.05) is 43.5 Å². The first-order chi connectivity index (χ1) is 9.46. The third-order valence-corrected chi connectivity index (χ3v) is 4.24. The largest absolute Gasteiger partial charge is 0.465 e. The van der Waals surface area contributed by atoms with E-state index < -0.39 is 5.41 Å². The summed E-state index contributed by atoms with van der Waals surface area (Å²) >= 11 is 7.65. The van der Waals surface area contributed by atoms with Gasteiger partial charge in [-0.15, -0.1) is 11.3 Å². The second-order valence-corrected chi connectivity index (χ2v) is 6.13. The minimum atomic E-state index is -0.758. The summed E-state index contributed by atoms with van der Waals surface area (Å²) < 4.78 is 5.10. The Morgan fingerprint density at radius 3 is 2.75 bits per heavy atom. The van der Waals surface area contributed by atoms with E-state index in [1.54, 1.807) is 6.92 Å². The molecule has 0 aliphatic heterocycles. The van der Waals surface area contributed by atoms with E-state index in [2.05, 4.69) is 4.98 Å². The number of carbonyl (C=O) groups is 1. The lowest BCUT2D eigenvalue weighted by atomic mass is 9.90. The number of esters is 1. The number of benzene rings is 1. The summed E-state index contributed by atoms with van der Waals surface area (Å²) in [5.41, 5.74) is 0.826. The molecule has 0 aliphatic rings. The van der Waals surface area contributed by atoms with Crippen LogP contribution in [0.1, 0.15) is 26.5 Å². The van der Waals surface area contributed by atoms with E-state index in [0.717, 1.165) is 10.6 Å². The summed E-state index contributed by atoms with van der Waals surface area (Å²) in [6.07, 6.45) is 0. The summed E-state index contributed by atoms with van der Waals surface area (Å²) in [5, 5.41) is 3.35. The molecule has 0 amide bonds. The Hall–Kier alpha value is -1.39. The molecule has 0 N–H and O–H groups in total. The van der Waals surface area contributed by atoms with Crippen molar-refractivity contribution < 1.29 is 9.53 Å². The van der Waals surface area contributed by atoms with Crippen LogP contribution in [0.4, 0.5) is 0 Å². The minimum absolute atomic E-state index is 0.268. The molecule has 106 valence electrons. The molecule has 1 aromatic heterocycles. The predicted octanol–water partition coefficient (Wildman–Crippen LogP) is 4.30. The van der Waals surface area contributed by atoms with Gasteiger partial charge in [-0.25, -0.2) is 4.98 Å². The monoisotopic (exact) mass is 309 g/mol. The average molecular weight is 310 g/mol. The lowest BCUT2D eigenvalue weighted by molar-refractivity contribution is -0.148. The third-order valence-electron chi connectivity index (χ3n) is 3.03. The molecular weight excluding hydrogens is 294 g/mol. The number of carbonyl (C=O) groups excluding carboxylic acids is 1. The van der Waals surface area contributed by atoms with E-state index in [1.165, 1.54) is 11.3 Å². The Kier molecular flexibility index (Phi) is 4.45. The third kappa shape index (κ3) is 2.86. The first kappa shape index (κ1) is 15.0. The van der Waals surface area contributed by atoms with Crippen molar-refractivity contribution in [1.29, 1.82) is 0 Å². The Morgan fingerprint density at radius 1 is 1.40 bits per heavy atom. The van der Waals surface area contributed by atoms with Crippen LogP contribution in [0.5, 0.6) is 0 Å². The number of rotatable bonds is 4. The molecule has 3 nitrogen and oxygen atoms in total. The Morgan fingerprint density at radius 2 is 2.10 bits per heavy atom. The van der Waals surface area contributed by atoms with Crippen LogP contribution in [-0.4, -0.2) is 17.6 Å². The van der Waals surface area contributed by atoms with Crippen molar-refractivity contribution in [3.05, 3.63) is 40.4 Å². The molecule has 0 bridgehead atoms. The van der Waals surface area contributed by atoms with Crippen molar-refractivity contribution in [1.82, 2.24) is 4.98 Å². The Labute approximate surface area is 127 Å². The highest BCUT2D eigenvalue weighted by molar-refractivity contribution is 7.13. The molecule has 1 aromatic carbocycles. The topological polar surface area (TPSA) is 39.2 Å². The number of hydrogen-bond donors (Lipinski definition) is 0. The maximum Gasteiger partial charge on any atom is 0.317 e. The molecule has 0 saturated carbocycles. The number of hydrogen-bond acceptors (Lipinski definition) is 4. The quantitative estimate of drug-likeness (QED) is 0.790. The summed E-state index contributed by atoms with van der Waals surface area (Å²) in [6.45, 7) is 5.79. The van der Waals surface area contributed by atoms with Crippen molar-refractivity contribution in [2.24, 2.45) is 0 Å². The summed E-state index contributed by atoms with van der Waals surface area (Å²) in [7, 11) is 0. The number of aromatic nitrogens is 1. The van der Waals surface area contributed by atoms with Crippen molar-refractivity contribution in [2.75, 3.05) is 6.61 Å². The molecule has 2 aromatic rings. The molecule has 1 heterocycles. The molecule has 0 radical (unpaired) electrons. The van der Waals surface area contributed by atoms with Crippen LogP contribution in [0.3, 0.4) is 0 Å². The van der Waals surface area contributed by atoms with Gasteiger partial charge < -0.3 is 4.74 Å². The Bertz CT molecular complexity index is 622. The highest BCUT2D eigenvalue weighted by atomic mass is 35.5. The molecular formula is C15H16ClNO2S. The fourth-order valence-electron chi connectivity index (χ4n) is 1.74. The molecule has 0 spiro atoms. The van der Waals surface area contributed by atoms with Gasteiger partial charge in [0.2, 0.25) is 0 Å². The van der Waals surface area contributed by atoms with E-state index >= 15 is 0 Å². The van der Waals surface area contributed by atoms with Crippen LogP contribution in [0.15, 0.2) is 29.6 Å². The summed E-state index contributed by atoms with van der Waals surface area (Å²) in [5.74, 6) is -0.268. The standard InChI is InChI=1S/C15H16ClNO2S/c1-4-19-14(18)15(2,3)12-9-20-13(17-12)10-7-5-6-8-11(10)16/h5-9H,4H2,1-3H3. The number of thiazole rings is 1. The maximum absolute atomic E-state index is 12.0. The van der Waals surface area contributed by atoms with Crippen LogP contribution >= 0.6 is 22.9 Å². The molecule has 0 saturated heterocycles. The SMILES string of the molecule is CCOC(=O)C(C)(C)c1csc(-c2ccccc2Cl)n1. The van der Waals surface area contributed by atoms with Crippen molar-refractivity contribution in [3.8, 4) is 10.6 Å². The second-order valence-electron chi connectivity index (χ2n) is 4.86. The van der Waals surface area contributed by atoms with Gasteiger partial charge in [-0.3, -0.25) is 4.79 Å². The normalized spacial score (nSPS) is 11.4. The van der Waals surface area contributed by atoms with Crippen molar-refractivity contribution in [3.63, 3.8) is 0 Å². The maximum atomic E-state index is 12.0. The molecule has 2 rings (SSSR count). The van der Waals surface area contributed by atoms with Crippen molar-refractivity contribution in [2.45, 2.75) is 26.2 Å². The van der Waals surface area contributed by atoms with Crippen LogP contribution < -0.4 is 0 Å². The van der Waals surface area contributed by atoms with Gasteiger partial charge in [0.25, 0.3) is 0 Å². The average Bonchev–Trinajstić information content (AvgIpc) is 2.89. The smallest absolute Gasteiger partial charge is 0.317 e. The number of nitrogens with zero attached hydrogens (tertiary/aromatic N) is 1. The van der Waals surface area contributed by atoms with Crippen LogP contribution in [0.25, 0.3) is 10.6 Å². The van der Waals surface area contributed by atoms with Gasteiger partial charge in [0.1, 0.15) is 10.4 Å². The number of ether oxygens (including phenoxy) is 1. The zero-order valence-corrected chi connectivity index (χ0v) is 13.2. The predicted molar refractivity (Wildman–Crippen MR) is 82.2 cm³/mol. The Balaban J connectivity index is 2.34. The molecule has 5 heteroatoms. The molecule has 0 unspecified atom stereocenters. The highest BCUT2D eigenvalue weighted by Gasteiger charge is 2.34. The van der Waals surface area contributed by atoms with Gasteiger partial charge in [0.05, 0.1) is 17.3 Å². The first-order valence-electron chi connectivity index (χ1n) is 6.35. The molecule has 0 aliphatic carbocycles. The fraction of sp³-hybridized carbons (Fsp3) is 0.333. The first-order valence-corrected chi connectivity index (χ1v) is 7.60. The molecule has 0 fully saturated rings. The summed E-state index contributed by atoms with van der Waals surface area (Å²) in [6, 6.07) is 7.54. The van der Waals surface area contributed by atoms with E-state index in [-0.39, 0.29) is 5.97 Å². The zero-order chi connectivity index (χ0) is 14.8. The fourth-order valence-corrected chi connectivity index (χ4v) is 3.04. The van der Waals surface area contributed by atoms with Gasteiger partial charge in [0.15, 0.2) is 0 Å². The number of halogens is 1. The molecule has 20 heavy (non-hydrogen) atoms.